The van der Waals surface area contributed by atoms with Crippen molar-refractivity contribution in [2.75, 3.05) is 11.5 Å². The summed E-state index contributed by atoms with van der Waals surface area (Å²) in [5, 5.41) is 16.5. The number of aromatic nitrogens is 3. The average molecular weight is 362 g/mol. The Kier molecular flexibility index (Phi) is 6.05. The molecule has 2 rings (SSSR count). The summed E-state index contributed by atoms with van der Waals surface area (Å²) < 4.78 is 39.8. The van der Waals surface area contributed by atoms with Gasteiger partial charge in [0.15, 0.2) is 6.04 Å². The second-order valence-corrected chi connectivity index (χ2v) is 6.43. The number of rotatable bonds is 8. The number of carboxylic acids is 1. The Morgan fingerprint density at radius 3 is 2.25 bits per heavy atom. The first-order valence-corrected chi connectivity index (χ1v) is 8.39. The number of hydrogen-bond acceptors (Lipinski definition) is 5. The first-order valence-electron chi connectivity index (χ1n) is 7.23. The van der Waals surface area contributed by atoms with Crippen LogP contribution < -0.4 is 5.73 Å². The zero-order valence-corrected chi connectivity index (χ0v) is 13.4. The Bertz CT molecular complexity index is 659. The van der Waals surface area contributed by atoms with Crippen molar-refractivity contribution in [2.45, 2.75) is 31.1 Å². The van der Waals surface area contributed by atoms with Gasteiger partial charge in [-0.15, -0.1) is 0 Å². The van der Waals surface area contributed by atoms with E-state index in [-0.39, 0.29) is 18.6 Å². The maximum Gasteiger partial charge on any atom is 0.412 e. The van der Waals surface area contributed by atoms with Gasteiger partial charge in [0.1, 0.15) is 17.1 Å². The molecule has 2 atom stereocenters. The fourth-order valence-corrected chi connectivity index (χ4v) is 3.07. The lowest BCUT2D eigenvalue weighted by molar-refractivity contribution is -0.173. The van der Waals surface area contributed by atoms with E-state index in [0.717, 1.165) is 0 Å². The molecule has 0 fully saturated rings. The van der Waals surface area contributed by atoms with Crippen LogP contribution in [-0.2, 0) is 4.79 Å². The van der Waals surface area contributed by atoms with E-state index in [2.05, 4.69) is 10.2 Å². The van der Waals surface area contributed by atoms with Crippen molar-refractivity contribution in [3.05, 3.63) is 24.3 Å². The zero-order valence-electron chi connectivity index (χ0n) is 12.6. The third-order valence-corrected chi connectivity index (χ3v) is 4.43. The molecule has 24 heavy (non-hydrogen) atoms. The summed E-state index contributed by atoms with van der Waals surface area (Å²) >= 11 is 1.23. The lowest BCUT2D eigenvalue weighted by Gasteiger charge is -2.19. The Hall–Kier alpha value is -1.81. The molecular weight excluding hydrogens is 345 g/mol. The van der Waals surface area contributed by atoms with Gasteiger partial charge in [-0.05, 0) is 36.5 Å². The number of carbonyl (C=O) groups is 1. The second-order valence-electron chi connectivity index (χ2n) is 5.20. The molecule has 132 valence electrons. The van der Waals surface area contributed by atoms with Gasteiger partial charge in [-0.25, -0.2) is 0 Å². The van der Waals surface area contributed by atoms with Crippen molar-refractivity contribution < 1.29 is 23.1 Å². The van der Waals surface area contributed by atoms with Gasteiger partial charge in [0.25, 0.3) is 0 Å². The summed E-state index contributed by atoms with van der Waals surface area (Å²) in [5.41, 5.74) is 6.16. The van der Waals surface area contributed by atoms with E-state index in [1.54, 1.807) is 24.3 Å². The third kappa shape index (κ3) is 4.84. The van der Waals surface area contributed by atoms with Gasteiger partial charge in [-0.3, -0.25) is 4.79 Å². The van der Waals surface area contributed by atoms with E-state index >= 15 is 0 Å². The third-order valence-electron chi connectivity index (χ3n) is 3.38. The molecule has 0 saturated carbocycles. The minimum absolute atomic E-state index is 0.197. The Morgan fingerprint density at radius 1 is 1.21 bits per heavy atom. The van der Waals surface area contributed by atoms with E-state index in [1.165, 1.54) is 11.8 Å². The molecular formula is C14H17F3N4O2S. The summed E-state index contributed by atoms with van der Waals surface area (Å²) in [6, 6.07) is 3.78. The van der Waals surface area contributed by atoms with Gasteiger partial charge in [-0.1, -0.05) is 12.1 Å². The standard InChI is InChI=1S/C14H17F3N4O2S/c15-14(16,17)12(6-8-24-7-5-9(18)13(22)23)21-19-10-3-1-2-4-11(10)20-21/h1-4,9,12H,5-8,18H2,(H,22,23). The Labute approximate surface area is 140 Å². The quantitative estimate of drug-likeness (QED) is 0.701. The van der Waals surface area contributed by atoms with Crippen LogP contribution in [0.1, 0.15) is 18.9 Å². The van der Waals surface area contributed by atoms with Gasteiger partial charge in [0.05, 0.1) is 0 Å². The average Bonchev–Trinajstić information content (AvgIpc) is 2.92. The van der Waals surface area contributed by atoms with E-state index < -0.39 is 24.2 Å². The fraction of sp³-hybridized carbons (Fsp3) is 0.500. The van der Waals surface area contributed by atoms with E-state index in [0.29, 0.717) is 21.6 Å². The molecule has 0 aliphatic heterocycles. The number of aliphatic carboxylic acids is 1. The van der Waals surface area contributed by atoms with Gasteiger partial charge in [-0.2, -0.15) is 39.9 Å². The van der Waals surface area contributed by atoms with Crippen molar-refractivity contribution in [3.8, 4) is 0 Å². The molecule has 6 nitrogen and oxygen atoms in total. The van der Waals surface area contributed by atoms with Crippen molar-refractivity contribution in [2.24, 2.45) is 5.73 Å². The number of benzene rings is 1. The van der Waals surface area contributed by atoms with E-state index in [9.17, 15) is 18.0 Å². The maximum atomic E-state index is 13.3. The summed E-state index contributed by atoms with van der Waals surface area (Å²) in [4.78, 5) is 11.3. The second kappa shape index (κ2) is 7.84. The van der Waals surface area contributed by atoms with Gasteiger partial charge < -0.3 is 10.8 Å². The highest BCUT2D eigenvalue weighted by atomic mass is 32.2. The molecule has 0 saturated heterocycles. The summed E-state index contributed by atoms with van der Waals surface area (Å²) in [5.74, 6) is -0.530. The number of hydrogen-bond donors (Lipinski definition) is 2. The molecule has 3 N–H and O–H groups in total. The first kappa shape index (κ1) is 18.5. The molecule has 0 bridgehead atoms. The maximum absolute atomic E-state index is 13.3. The predicted molar refractivity (Wildman–Crippen MR) is 84.8 cm³/mol. The molecule has 0 amide bonds. The number of nitrogens with zero attached hydrogens (tertiary/aromatic N) is 3. The Balaban J connectivity index is 1.96. The number of thioether (sulfide) groups is 1. The van der Waals surface area contributed by atoms with Crippen LogP contribution >= 0.6 is 11.8 Å². The minimum atomic E-state index is -4.47. The molecule has 1 aromatic heterocycles. The number of halogens is 3. The van der Waals surface area contributed by atoms with Gasteiger partial charge >= 0.3 is 12.1 Å². The van der Waals surface area contributed by atoms with Crippen LogP contribution in [0.4, 0.5) is 13.2 Å². The topological polar surface area (TPSA) is 94.0 Å². The van der Waals surface area contributed by atoms with Crippen LogP contribution in [0.15, 0.2) is 24.3 Å². The monoisotopic (exact) mass is 362 g/mol. The summed E-state index contributed by atoms with van der Waals surface area (Å²) in [7, 11) is 0. The van der Waals surface area contributed by atoms with E-state index in [1.807, 2.05) is 0 Å². The molecule has 2 unspecified atom stereocenters. The van der Waals surface area contributed by atoms with Crippen LogP contribution in [0.3, 0.4) is 0 Å². The highest BCUT2D eigenvalue weighted by Crippen LogP contribution is 2.33. The molecule has 0 aliphatic rings. The number of alkyl halides is 3. The fourth-order valence-electron chi connectivity index (χ4n) is 2.06. The zero-order chi connectivity index (χ0) is 17.7. The molecule has 0 radical (unpaired) electrons. The normalized spacial score (nSPS) is 14.7. The summed E-state index contributed by atoms with van der Waals surface area (Å²) in [6.45, 7) is 0. The number of carboxylic acid groups (broad SMARTS) is 1. The van der Waals surface area contributed by atoms with E-state index in [4.69, 9.17) is 10.8 Å². The summed E-state index contributed by atoms with van der Waals surface area (Å²) in [6.07, 6.45) is -4.45. The molecule has 1 aromatic carbocycles. The highest BCUT2D eigenvalue weighted by molar-refractivity contribution is 7.99. The first-order chi connectivity index (χ1) is 11.3. The molecule has 0 spiro atoms. The Morgan fingerprint density at radius 2 is 1.75 bits per heavy atom. The molecule has 1 heterocycles. The lowest BCUT2D eigenvalue weighted by Crippen LogP contribution is -2.30. The van der Waals surface area contributed by atoms with Crippen molar-refractivity contribution in [1.82, 2.24) is 15.0 Å². The SMILES string of the molecule is NC(CCSCCC(n1nc2ccccc2n1)C(F)(F)F)C(=O)O. The van der Waals surface area contributed by atoms with Crippen LogP contribution in [0, 0.1) is 0 Å². The molecule has 2 aromatic rings. The van der Waals surface area contributed by atoms with Crippen LogP contribution in [0.25, 0.3) is 11.0 Å². The highest BCUT2D eigenvalue weighted by Gasteiger charge is 2.42. The lowest BCUT2D eigenvalue weighted by atomic mass is 10.2. The molecule has 10 heteroatoms. The minimum Gasteiger partial charge on any atom is -0.480 e. The number of nitrogens with two attached hydrogens (primary N) is 1. The van der Waals surface area contributed by atoms with Crippen LogP contribution in [-0.4, -0.2) is 49.8 Å². The van der Waals surface area contributed by atoms with Gasteiger partial charge in [0, 0.05) is 0 Å². The van der Waals surface area contributed by atoms with Gasteiger partial charge in [0.2, 0.25) is 0 Å². The van der Waals surface area contributed by atoms with Crippen LogP contribution in [0.5, 0.6) is 0 Å². The van der Waals surface area contributed by atoms with Crippen molar-refractivity contribution >= 4 is 28.8 Å². The predicted octanol–water partition coefficient (Wildman–Crippen LogP) is 2.46. The van der Waals surface area contributed by atoms with Crippen LogP contribution in [0.2, 0.25) is 0 Å². The van der Waals surface area contributed by atoms with Crippen molar-refractivity contribution in [3.63, 3.8) is 0 Å². The largest absolute Gasteiger partial charge is 0.480 e. The number of fused-ring (bicyclic) bond motifs is 1. The van der Waals surface area contributed by atoms with Crippen molar-refractivity contribution in [1.29, 1.82) is 0 Å². The smallest absolute Gasteiger partial charge is 0.412 e. The molecule has 0 aliphatic carbocycles.